The highest BCUT2D eigenvalue weighted by Crippen LogP contribution is 2.25. The molecule has 0 radical (unpaired) electrons. The van der Waals surface area contributed by atoms with E-state index in [4.69, 9.17) is 39.5 Å². The minimum Gasteiger partial charge on any atom is -0.489 e. The molecule has 0 N–H and O–H groups in total. The Morgan fingerprint density at radius 3 is 2.41 bits per heavy atom. The number of rotatable bonds is 3. The van der Waals surface area contributed by atoms with Crippen LogP contribution in [0.4, 0.5) is 0 Å². The maximum atomic E-state index is 5.91. The summed E-state index contributed by atoms with van der Waals surface area (Å²) in [7, 11) is 0. The molecule has 0 fully saturated rings. The molecule has 17 heavy (non-hydrogen) atoms. The molecule has 0 saturated heterocycles. The third-order valence-electron chi connectivity index (χ3n) is 2.07. The van der Waals surface area contributed by atoms with Gasteiger partial charge in [0.25, 0.3) is 0 Å². The maximum Gasteiger partial charge on any atom is 0.135 e. The predicted octanol–water partition coefficient (Wildman–Crippen LogP) is 4.62. The van der Waals surface area contributed by atoms with Gasteiger partial charge in [0.1, 0.15) is 17.5 Å². The fraction of sp³-hybridized carbons (Fsp3) is 0.0833. The summed E-state index contributed by atoms with van der Waals surface area (Å²) in [6.07, 6.45) is 1.63. The first-order valence-corrected chi connectivity index (χ1v) is 5.97. The predicted molar refractivity (Wildman–Crippen MR) is 70.0 cm³/mol. The zero-order valence-corrected chi connectivity index (χ0v) is 10.9. The van der Waals surface area contributed by atoms with Crippen molar-refractivity contribution in [2.45, 2.75) is 6.61 Å². The smallest absolute Gasteiger partial charge is 0.135 e. The minimum absolute atomic E-state index is 0.323. The number of aromatic nitrogens is 1. The lowest BCUT2D eigenvalue weighted by molar-refractivity contribution is 0.306. The van der Waals surface area contributed by atoms with Gasteiger partial charge in [-0.05, 0) is 24.3 Å². The van der Waals surface area contributed by atoms with E-state index in [1.54, 1.807) is 30.5 Å². The van der Waals surface area contributed by atoms with E-state index < -0.39 is 0 Å². The molecule has 2 rings (SSSR count). The second kappa shape index (κ2) is 5.58. The van der Waals surface area contributed by atoms with Crippen LogP contribution in [0.3, 0.4) is 0 Å². The minimum atomic E-state index is 0.323. The van der Waals surface area contributed by atoms with Crippen LogP contribution < -0.4 is 4.74 Å². The first-order chi connectivity index (χ1) is 8.15. The van der Waals surface area contributed by atoms with Crippen LogP contribution in [0.1, 0.15) is 5.56 Å². The van der Waals surface area contributed by atoms with Gasteiger partial charge in [-0.3, -0.25) is 0 Å². The molecule has 0 unspecified atom stereocenters. The molecule has 2 aromatic rings. The Morgan fingerprint density at radius 1 is 1.06 bits per heavy atom. The molecule has 0 bridgehead atoms. The zero-order chi connectivity index (χ0) is 12.3. The fourth-order valence-electron chi connectivity index (χ4n) is 1.30. The summed E-state index contributed by atoms with van der Waals surface area (Å²) >= 11 is 17.6. The van der Waals surface area contributed by atoms with Crippen molar-refractivity contribution in [1.29, 1.82) is 0 Å². The van der Waals surface area contributed by atoms with Crippen LogP contribution >= 0.6 is 34.8 Å². The Balaban J connectivity index is 2.10. The van der Waals surface area contributed by atoms with Crippen LogP contribution in [0.5, 0.6) is 5.75 Å². The number of hydrogen-bond acceptors (Lipinski definition) is 2. The van der Waals surface area contributed by atoms with E-state index in [1.165, 1.54) is 0 Å². The van der Waals surface area contributed by atoms with Crippen molar-refractivity contribution in [3.63, 3.8) is 0 Å². The van der Waals surface area contributed by atoms with E-state index in [0.717, 1.165) is 5.56 Å². The maximum absolute atomic E-state index is 5.91. The summed E-state index contributed by atoms with van der Waals surface area (Å²) in [6, 6.07) is 8.68. The monoisotopic (exact) mass is 287 g/mol. The molecule has 1 aromatic heterocycles. The molecule has 0 amide bonds. The molecule has 2 nitrogen and oxygen atoms in total. The van der Waals surface area contributed by atoms with Crippen molar-refractivity contribution in [3.8, 4) is 5.75 Å². The van der Waals surface area contributed by atoms with Crippen LogP contribution in [-0.2, 0) is 6.61 Å². The fourth-order valence-corrected chi connectivity index (χ4v) is 1.98. The van der Waals surface area contributed by atoms with E-state index in [1.807, 2.05) is 6.07 Å². The van der Waals surface area contributed by atoms with E-state index in [-0.39, 0.29) is 0 Å². The molecule has 1 heterocycles. The van der Waals surface area contributed by atoms with Gasteiger partial charge in [-0.15, -0.1) is 0 Å². The van der Waals surface area contributed by atoms with Crippen molar-refractivity contribution < 1.29 is 4.74 Å². The lowest BCUT2D eigenvalue weighted by Crippen LogP contribution is -1.97. The standard InChI is InChI=1S/C12H8Cl3NO/c13-9-4-10(14)6-11(5-9)17-7-8-2-1-3-16-12(8)15/h1-6H,7H2. The molecule has 1 aromatic carbocycles. The van der Waals surface area contributed by atoms with E-state index >= 15 is 0 Å². The molecule has 5 heteroatoms. The second-order valence-corrected chi connectivity index (χ2v) is 4.58. The SMILES string of the molecule is Clc1cc(Cl)cc(OCc2cccnc2Cl)c1. The average Bonchev–Trinajstić information content (AvgIpc) is 2.27. The summed E-state index contributed by atoms with van der Waals surface area (Å²) in [4.78, 5) is 3.96. The quantitative estimate of drug-likeness (QED) is 0.769. The molecule has 0 aliphatic carbocycles. The Bertz CT molecular complexity index is 511. The van der Waals surface area contributed by atoms with Crippen LogP contribution in [0, 0.1) is 0 Å². The number of benzene rings is 1. The van der Waals surface area contributed by atoms with Gasteiger partial charge in [-0.25, -0.2) is 4.98 Å². The second-order valence-electron chi connectivity index (χ2n) is 3.35. The summed E-state index contributed by atoms with van der Waals surface area (Å²) < 4.78 is 5.54. The lowest BCUT2D eigenvalue weighted by atomic mass is 10.3. The van der Waals surface area contributed by atoms with Crippen LogP contribution in [0.25, 0.3) is 0 Å². The summed E-state index contributed by atoms with van der Waals surface area (Å²) in [5.74, 6) is 0.599. The number of nitrogens with zero attached hydrogens (tertiary/aromatic N) is 1. The highest BCUT2D eigenvalue weighted by Gasteiger charge is 2.03. The van der Waals surface area contributed by atoms with Gasteiger partial charge in [-0.1, -0.05) is 40.9 Å². The summed E-state index contributed by atoms with van der Waals surface area (Å²) in [6.45, 7) is 0.323. The Labute approximate surface area is 114 Å². The number of ether oxygens (including phenoxy) is 1. The molecule has 0 aliphatic heterocycles. The summed E-state index contributed by atoms with van der Waals surface area (Å²) in [5.41, 5.74) is 0.810. The highest BCUT2D eigenvalue weighted by atomic mass is 35.5. The molecule has 0 saturated carbocycles. The molecule has 0 atom stereocenters. The van der Waals surface area contributed by atoms with Crippen LogP contribution in [0.2, 0.25) is 15.2 Å². The molecule has 88 valence electrons. The Hall–Kier alpha value is -0.960. The molecule has 0 aliphatic rings. The topological polar surface area (TPSA) is 22.1 Å². The normalized spacial score (nSPS) is 10.3. The first-order valence-electron chi connectivity index (χ1n) is 4.83. The lowest BCUT2D eigenvalue weighted by Gasteiger charge is -2.07. The van der Waals surface area contributed by atoms with Crippen molar-refractivity contribution in [2.24, 2.45) is 0 Å². The van der Waals surface area contributed by atoms with Gasteiger partial charge < -0.3 is 4.74 Å². The highest BCUT2D eigenvalue weighted by molar-refractivity contribution is 6.34. The molecular weight excluding hydrogens is 280 g/mol. The van der Waals surface area contributed by atoms with Gasteiger partial charge in [0.15, 0.2) is 0 Å². The molecular formula is C12H8Cl3NO. The molecule has 0 spiro atoms. The van der Waals surface area contributed by atoms with Gasteiger partial charge in [0.05, 0.1) is 0 Å². The number of pyridine rings is 1. The van der Waals surface area contributed by atoms with Crippen molar-refractivity contribution in [3.05, 3.63) is 57.3 Å². The van der Waals surface area contributed by atoms with Crippen molar-refractivity contribution in [2.75, 3.05) is 0 Å². The van der Waals surface area contributed by atoms with E-state index in [9.17, 15) is 0 Å². The van der Waals surface area contributed by atoms with Crippen LogP contribution in [-0.4, -0.2) is 4.98 Å². The van der Waals surface area contributed by atoms with Gasteiger partial charge in [0.2, 0.25) is 0 Å². The Morgan fingerprint density at radius 2 is 1.76 bits per heavy atom. The number of hydrogen-bond donors (Lipinski definition) is 0. The van der Waals surface area contributed by atoms with Gasteiger partial charge in [-0.2, -0.15) is 0 Å². The Kier molecular flexibility index (Phi) is 4.11. The third kappa shape index (κ3) is 3.50. The largest absolute Gasteiger partial charge is 0.489 e. The van der Waals surface area contributed by atoms with E-state index in [0.29, 0.717) is 27.6 Å². The van der Waals surface area contributed by atoms with Crippen molar-refractivity contribution >= 4 is 34.8 Å². The van der Waals surface area contributed by atoms with Gasteiger partial charge in [0, 0.05) is 21.8 Å². The first kappa shape index (κ1) is 12.5. The van der Waals surface area contributed by atoms with Gasteiger partial charge >= 0.3 is 0 Å². The van der Waals surface area contributed by atoms with E-state index in [2.05, 4.69) is 4.98 Å². The zero-order valence-electron chi connectivity index (χ0n) is 8.66. The number of halogens is 3. The third-order valence-corrected chi connectivity index (χ3v) is 2.84. The van der Waals surface area contributed by atoms with Crippen LogP contribution in [0.15, 0.2) is 36.5 Å². The summed E-state index contributed by atoms with van der Waals surface area (Å²) in [5, 5.41) is 1.50. The average molecular weight is 289 g/mol. The van der Waals surface area contributed by atoms with Crippen molar-refractivity contribution in [1.82, 2.24) is 4.98 Å².